The third-order valence-corrected chi connectivity index (χ3v) is 5.42. The summed E-state index contributed by atoms with van der Waals surface area (Å²) in [7, 11) is -3.13. The summed E-state index contributed by atoms with van der Waals surface area (Å²) in [6, 6.07) is 9.23. The van der Waals surface area contributed by atoms with E-state index in [0.29, 0.717) is 18.8 Å². The third kappa shape index (κ3) is 3.23. The maximum atomic E-state index is 12.1. The van der Waals surface area contributed by atoms with Gasteiger partial charge in [-0.3, -0.25) is 0 Å². The van der Waals surface area contributed by atoms with E-state index in [2.05, 4.69) is 0 Å². The Morgan fingerprint density at radius 2 is 2.06 bits per heavy atom. The van der Waals surface area contributed by atoms with Crippen LogP contribution >= 0.6 is 0 Å². The minimum Gasteiger partial charge on any atom is -0.493 e. The van der Waals surface area contributed by atoms with Crippen molar-refractivity contribution >= 4 is 9.84 Å². The van der Waals surface area contributed by atoms with Gasteiger partial charge in [-0.2, -0.15) is 0 Å². The Morgan fingerprint density at radius 1 is 1.33 bits per heavy atom. The first-order chi connectivity index (χ1) is 8.59. The summed E-state index contributed by atoms with van der Waals surface area (Å²) in [5.74, 6) is 0.740. The average Bonchev–Trinajstić information content (AvgIpc) is 2.77. The summed E-state index contributed by atoms with van der Waals surface area (Å²) in [5, 5.41) is -0.378. The first kappa shape index (κ1) is 13.4. The lowest BCUT2D eigenvalue weighted by molar-refractivity contribution is 0.126. The summed E-state index contributed by atoms with van der Waals surface area (Å²) in [6.07, 6.45) is 0.390. The summed E-state index contributed by atoms with van der Waals surface area (Å²) in [6.45, 7) is 2.54. The van der Waals surface area contributed by atoms with Crippen LogP contribution in [0.4, 0.5) is 0 Å². The largest absolute Gasteiger partial charge is 0.493 e. The standard InChI is InChI=1S/C13H18O4S/c1-11-13(7-8-16-11)18(14,15)10-9-17-12-5-3-2-4-6-12/h2-6,11,13H,7-10H2,1H3/t11-,13-/m0/s1. The monoisotopic (exact) mass is 270 g/mol. The predicted octanol–water partition coefficient (Wildman–Crippen LogP) is 1.66. The molecule has 0 amide bonds. The fourth-order valence-electron chi connectivity index (χ4n) is 2.13. The molecule has 100 valence electrons. The molecule has 0 radical (unpaired) electrons. The number of para-hydroxylation sites is 1. The summed E-state index contributed by atoms with van der Waals surface area (Å²) >= 11 is 0. The molecule has 0 N–H and O–H groups in total. The maximum Gasteiger partial charge on any atom is 0.159 e. The van der Waals surface area contributed by atoms with Crippen LogP contribution in [0.1, 0.15) is 13.3 Å². The van der Waals surface area contributed by atoms with E-state index < -0.39 is 9.84 Å². The van der Waals surface area contributed by atoms with Crippen LogP contribution in [0.25, 0.3) is 0 Å². The highest BCUT2D eigenvalue weighted by Gasteiger charge is 2.35. The number of ether oxygens (including phenoxy) is 2. The Kier molecular flexibility index (Phi) is 4.24. The molecule has 1 fully saturated rings. The second-order valence-electron chi connectivity index (χ2n) is 4.43. The lowest BCUT2D eigenvalue weighted by Gasteiger charge is -2.15. The highest BCUT2D eigenvalue weighted by atomic mass is 32.2. The number of rotatable bonds is 5. The molecule has 1 aliphatic heterocycles. The van der Waals surface area contributed by atoms with Crippen molar-refractivity contribution in [2.75, 3.05) is 19.0 Å². The minimum absolute atomic E-state index is 0.0419. The zero-order chi connectivity index (χ0) is 13.0. The Hall–Kier alpha value is -1.07. The van der Waals surface area contributed by atoms with E-state index in [0.717, 1.165) is 0 Å². The molecule has 4 nitrogen and oxygen atoms in total. The van der Waals surface area contributed by atoms with E-state index in [-0.39, 0.29) is 23.7 Å². The molecule has 0 saturated carbocycles. The van der Waals surface area contributed by atoms with Crippen molar-refractivity contribution in [3.05, 3.63) is 30.3 Å². The van der Waals surface area contributed by atoms with Crippen LogP contribution in [0.5, 0.6) is 5.75 Å². The molecule has 1 saturated heterocycles. The van der Waals surface area contributed by atoms with Crippen molar-refractivity contribution < 1.29 is 17.9 Å². The number of benzene rings is 1. The molecule has 1 aromatic carbocycles. The van der Waals surface area contributed by atoms with Crippen molar-refractivity contribution in [1.29, 1.82) is 0 Å². The molecule has 0 aromatic heterocycles. The lowest BCUT2D eigenvalue weighted by atomic mass is 10.3. The Labute approximate surface area is 108 Å². The van der Waals surface area contributed by atoms with Crippen LogP contribution < -0.4 is 4.74 Å². The molecule has 1 aliphatic rings. The van der Waals surface area contributed by atoms with Gasteiger partial charge >= 0.3 is 0 Å². The Morgan fingerprint density at radius 3 is 2.67 bits per heavy atom. The Balaban J connectivity index is 1.86. The zero-order valence-corrected chi connectivity index (χ0v) is 11.2. The molecule has 5 heteroatoms. The molecular formula is C13H18O4S. The van der Waals surface area contributed by atoms with E-state index in [1.54, 1.807) is 0 Å². The SMILES string of the molecule is C[C@@H]1OCC[C@@H]1S(=O)(=O)CCOc1ccccc1. The van der Waals surface area contributed by atoms with Crippen LogP contribution in [0.2, 0.25) is 0 Å². The second kappa shape index (κ2) is 5.71. The maximum absolute atomic E-state index is 12.1. The van der Waals surface area contributed by atoms with E-state index in [4.69, 9.17) is 9.47 Å². The molecule has 0 unspecified atom stereocenters. The minimum atomic E-state index is -3.13. The predicted molar refractivity (Wildman–Crippen MR) is 69.5 cm³/mol. The first-order valence-corrected chi connectivity index (χ1v) is 7.82. The van der Waals surface area contributed by atoms with Crippen LogP contribution in [-0.2, 0) is 14.6 Å². The van der Waals surface area contributed by atoms with Crippen molar-refractivity contribution in [3.8, 4) is 5.75 Å². The normalized spacial score (nSPS) is 24.1. The number of hydrogen-bond acceptors (Lipinski definition) is 4. The van der Waals surface area contributed by atoms with Gasteiger partial charge in [0, 0.05) is 6.61 Å². The van der Waals surface area contributed by atoms with Crippen LogP contribution in [0.3, 0.4) is 0 Å². The van der Waals surface area contributed by atoms with E-state index in [9.17, 15) is 8.42 Å². The van der Waals surface area contributed by atoms with Crippen LogP contribution in [-0.4, -0.2) is 38.7 Å². The topological polar surface area (TPSA) is 52.6 Å². The van der Waals surface area contributed by atoms with Crippen molar-refractivity contribution in [2.24, 2.45) is 0 Å². The van der Waals surface area contributed by atoms with Gasteiger partial charge in [0.1, 0.15) is 12.4 Å². The summed E-state index contributed by atoms with van der Waals surface area (Å²) in [4.78, 5) is 0. The van der Waals surface area contributed by atoms with Gasteiger partial charge in [0.15, 0.2) is 9.84 Å². The molecule has 1 heterocycles. The highest BCUT2D eigenvalue weighted by Crippen LogP contribution is 2.21. The molecular weight excluding hydrogens is 252 g/mol. The van der Waals surface area contributed by atoms with Crippen LogP contribution in [0, 0.1) is 0 Å². The highest BCUT2D eigenvalue weighted by molar-refractivity contribution is 7.92. The van der Waals surface area contributed by atoms with Crippen molar-refractivity contribution in [3.63, 3.8) is 0 Å². The van der Waals surface area contributed by atoms with E-state index in [1.807, 2.05) is 37.3 Å². The first-order valence-electron chi connectivity index (χ1n) is 6.10. The lowest BCUT2D eigenvalue weighted by Crippen LogP contribution is -2.32. The van der Waals surface area contributed by atoms with Crippen LogP contribution in [0.15, 0.2) is 30.3 Å². The van der Waals surface area contributed by atoms with Gasteiger partial charge in [0.05, 0.1) is 17.1 Å². The van der Waals surface area contributed by atoms with Gasteiger partial charge in [0.25, 0.3) is 0 Å². The van der Waals surface area contributed by atoms with E-state index >= 15 is 0 Å². The number of sulfone groups is 1. The molecule has 1 aromatic rings. The molecule has 0 bridgehead atoms. The fraction of sp³-hybridized carbons (Fsp3) is 0.538. The zero-order valence-electron chi connectivity index (χ0n) is 10.4. The summed E-state index contributed by atoms with van der Waals surface area (Å²) < 4.78 is 34.9. The van der Waals surface area contributed by atoms with Gasteiger partial charge < -0.3 is 9.47 Å². The summed E-state index contributed by atoms with van der Waals surface area (Å²) in [5.41, 5.74) is 0. The van der Waals surface area contributed by atoms with Crippen molar-refractivity contribution in [2.45, 2.75) is 24.7 Å². The third-order valence-electron chi connectivity index (χ3n) is 3.15. The quantitative estimate of drug-likeness (QED) is 0.816. The molecule has 2 atom stereocenters. The van der Waals surface area contributed by atoms with Gasteiger partial charge in [0.2, 0.25) is 0 Å². The van der Waals surface area contributed by atoms with Gasteiger partial charge in [-0.25, -0.2) is 8.42 Å². The van der Waals surface area contributed by atoms with Crippen molar-refractivity contribution in [1.82, 2.24) is 0 Å². The molecule has 0 spiro atoms. The smallest absolute Gasteiger partial charge is 0.159 e. The van der Waals surface area contributed by atoms with E-state index in [1.165, 1.54) is 0 Å². The molecule has 2 rings (SSSR count). The second-order valence-corrected chi connectivity index (χ2v) is 6.77. The van der Waals surface area contributed by atoms with Gasteiger partial charge in [-0.05, 0) is 25.5 Å². The van der Waals surface area contributed by atoms with Gasteiger partial charge in [-0.15, -0.1) is 0 Å². The molecule has 18 heavy (non-hydrogen) atoms. The van der Waals surface area contributed by atoms with Gasteiger partial charge in [-0.1, -0.05) is 18.2 Å². The number of hydrogen-bond donors (Lipinski definition) is 0. The average molecular weight is 270 g/mol. The molecule has 0 aliphatic carbocycles. The Bertz CT molecular complexity index is 469. The fourth-order valence-corrected chi connectivity index (χ4v) is 3.86.